The number of anilines is 1. The first kappa shape index (κ1) is 23.7. The molecule has 1 aliphatic heterocycles. The number of carbonyl (C=O) groups excluding carboxylic acids is 1. The van der Waals surface area contributed by atoms with Crippen LogP contribution in [0.15, 0.2) is 36.5 Å². The van der Waals surface area contributed by atoms with Crippen LogP contribution in [0.4, 0.5) is 14.9 Å². The third-order valence-corrected chi connectivity index (χ3v) is 5.88. The molecule has 34 heavy (non-hydrogen) atoms. The van der Waals surface area contributed by atoms with Gasteiger partial charge in [-0.05, 0) is 55.5 Å². The van der Waals surface area contributed by atoms with Gasteiger partial charge in [0.25, 0.3) is 0 Å². The van der Waals surface area contributed by atoms with E-state index in [0.29, 0.717) is 41.4 Å². The van der Waals surface area contributed by atoms with E-state index in [1.54, 1.807) is 35.3 Å². The first-order valence-corrected chi connectivity index (χ1v) is 11.5. The van der Waals surface area contributed by atoms with E-state index >= 15 is 0 Å². The SMILES string of the molecule is CCN(CC)CCCn1nnc(-c2ccc(-c3ccc(N4C[C@H](CN)OC4=O)cc3F)cn2)n1. The molecular formula is C23H29FN8O2. The fourth-order valence-corrected chi connectivity index (χ4v) is 3.86. The molecule has 4 rings (SSSR count). The number of carbonyl (C=O) groups is 1. The number of nitrogens with two attached hydrogens (primary N) is 1. The van der Waals surface area contributed by atoms with E-state index in [-0.39, 0.29) is 12.6 Å². The number of aromatic nitrogens is 5. The quantitative estimate of drug-likeness (QED) is 0.483. The second-order valence-corrected chi connectivity index (χ2v) is 8.04. The molecule has 2 N–H and O–H groups in total. The summed E-state index contributed by atoms with van der Waals surface area (Å²) in [5.74, 6) is -0.0412. The Morgan fingerprint density at radius 2 is 2.06 bits per heavy atom. The Bertz CT molecular complexity index is 1120. The zero-order chi connectivity index (χ0) is 24.1. The lowest BCUT2D eigenvalue weighted by Crippen LogP contribution is -2.27. The molecule has 0 unspecified atom stereocenters. The van der Waals surface area contributed by atoms with Gasteiger partial charge in [-0.15, -0.1) is 10.2 Å². The van der Waals surface area contributed by atoms with Crippen molar-refractivity contribution in [3.63, 3.8) is 0 Å². The number of ether oxygens (including phenoxy) is 1. The molecule has 3 heterocycles. The van der Waals surface area contributed by atoms with Gasteiger partial charge in [0, 0.05) is 23.9 Å². The van der Waals surface area contributed by atoms with E-state index in [4.69, 9.17) is 10.5 Å². The van der Waals surface area contributed by atoms with Gasteiger partial charge >= 0.3 is 6.09 Å². The second kappa shape index (κ2) is 10.7. The van der Waals surface area contributed by atoms with Crippen molar-refractivity contribution in [3.8, 4) is 22.6 Å². The predicted octanol–water partition coefficient (Wildman–Crippen LogP) is 2.56. The maximum atomic E-state index is 14.9. The zero-order valence-corrected chi connectivity index (χ0v) is 19.4. The van der Waals surface area contributed by atoms with Crippen molar-refractivity contribution < 1.29 is 13.9 Å². The number of pyridine rings is 1. The average Bonchev–Trinajstić information content (AvgIpc) is 3.48. The number of cyclic esters (lactones) is 1. The number of nitrogens with zero attached hydrogens (tertiary/aromatic N) is 7. The van der Waals surface area contributed by atoms with Gasteiger partial charge in [0.2, 0.25) is 5.82 Å². The average molecular weight is 469 g/mol. The molecule has 0 spiro atoms. The number of halogens is 1. The minimum Gasteiger partial charge on any atom is -0.443 e. The summed E-state index contributed by atoms with van der Waals surface area (Å²) in [5, 5.41) is 12.6. The molecule has 0 radical (unpaired) electrons. The van der Waals surface area contributed by atoms with E-state index in [2.05, 4.69) is 39.1 Å². The molecule has 0 bridgehead atoms. The van der Waals surface area contributed by atoms with Crippen LogP contribution in [-0.4, -0.2) is 75.0 Å². The van der Waals surface area contributed by atoms with Crippen LogP contribution in [0.3, 0.4) is 0 Å². The Morgan fingerprint density at radius 3 is 2.71 bits per heavy atom. The van der Waals surface area contributed by atoms with Crippen LogP contribution in [0.2, 0.25) is 0 Å². The molecule has 180 valence electrons. The van der Waals surface area contributed by atoms with E-state index in [9.17, 15) is 9.18 Å². The summed E-state index contributed by atoms with van der Waals surface area (Å²) in [6.07, 6.45) is 1.59. The third kappa shape index (κ3) is 5.20. The van der Waals surface area contributed by atoms with Gasteiger partial charge in [-0.3, -0.25) is 9.88 Å². The molecule has 1 aliphatic rings. The number of aryl methyl sites for hydroxylation is 1. The van der Waals surface area contributed by atoms with Crippen molar-refractivity contribution in [2.75, 3.05) is 37.6 Å². The van der Waals surface area contributed by atoms with Gasteiger partial charge in [0.05, 0.1) is 18.8 Å². The standard InChI is InChI=1S/C23H29FN8O2/c1-3-30(4-2)10-5-11-32-28-22(27-29-32)21-9-6-16(14-26-21)19-8-7-17(12-20(19)24)31-15-18(13-25)34-23(31)33/h6-9,12,14,18H,3-5,10-11,13,15,25H2,1-2H3/t18-/m0/s1. The molecule has 1 aromatic carbocycles. The van der Waals surface area contributed by atoms with E-state index in [1.807, 2.05) is 0 Å². The summed E-state index contributed by atoms with van der Waals surface area (Å²) in [6.45, 7) is 8.51. The van der Waals surface area contributed by atoms with E-state index in [0.717, 1.165) is 26.1 Å². The lowest BCUT2D eigenvalue weighted by molar-refractivity contribution is 0.145. The summed E-state index contributed by atoms with van der Waals surface area (Å²) >= 11 is 0. The van der Waals surface area contributed by atoms with Gasteiger partial charge in [0.15, 0.2) is 0 Å². The highest BCUT2D eigenvalue weighted by atomic mass is 19.1. The molecule has 1 amide bonds. The van der Waals surface area contributed by atoms with Crippen molar-refractivity contribution in [1.29, 1.82) is 0 Å². The first-order valence-electron chi connectivity index (χ1n) is 11.5. The molecule has 3 aromatic rings. The molecule has 10 nitrogen and oxygen atoms in total. The molecule has 1 atom stereocenters. The minimum absolute atomic E-state index is 0.222. The number of tetrazole rings is 1. The monoisotopic (exact) mass is 468 g/mol. The van der Waals surface area contributed by atoms with Crippen molar-refractivity contribution in [3.05, 3.63) is 42.3 Å². The van der Waals surface area contributed by atoms with Gasteiger partial charge in [-0.25, -0.2) is 9.18 Å². The van der Waals surface area contributed by atoms with Crippen LogP contribution < -0.4 is 10.6 Å². The van der Waals surface area contributed by atoms with Crippen LogP contribution in [0.1, 0.15) is 20.3 Å². The van der Waals surface area contributed by atoms with Crippen molar-refractivity contribution in [2.24, 2.45) is 5.73 Å². The topological polar surface area (TPSA) is 115 Å². The van der Waals surface area contributed by atoms with Crippen LogP contribution in [-0.2, 0) is 11.3 Å². The van der Waals surface area contributed by atoms with E-state index in [1.165, 1.54) is 11.0 Å². The van der Waals surface area contributed by atoms with Crippen molar-refractivity contribution >= 4 is 11.8 Å². The Balaban J connectivity index is 1.42. The Morgan fingerprint density at radius 1 is 1.24 bits per heavy atom. The molecule has 0 aliphatic carbocycles. The molecule has 1 fully saturated rings. The highest BCUT2D eigenvalue weighted by molar-refractivity contribution is 5.90. The summed E-state index contributed by atoms with van der Waals surface area (Å²) in [5.41, 5.74) is 7.52. The lowest BCUT2D eigenvalue weighted by atomic mass is 10.1. The maximum absolute atomic E-state index is 14.9. The van der Waals surface area contributed by atoms with Gasteiger partial charge < -0.3 is 15.4 Å². The smallest absolute Gasteiger partial charge is 0.414 e. The highest BCUT2D eigenvalue weighted by Crippen LogP contribution is 2.29. The number of hydrogen-bond acceptors (Lipinski definition) is 8. The predicted molar refractivity (Wildman–Crippen MR) is 126 cm³/mol. The number of rotatable bonds is 10. The Labute approximate surface area is 197 Å². The van der Waals surface area contributed by atoms with Crippen LogP contribution in [0.5, 0.6) is 0 Å². The zero-order valence-electron chi connectivity index (χ0n) is 19.4. The number of hydrogen-bond donors (Lipinski definition) is 1. The molecule has 11 heteroatoms. The fourth-order valence-electron chi connectivity index (χ4n) is 3.86. The maximum Gasteiger partial charge on any atom is 0.414 e. The molecule has 2 aromatic heterocycles. The Hall–Kier alpha value is -3.44. The summed E-state index contributed by atoms with van der Waals surface area (Å²) in [7, 11) is 0. The highest BCUT2D eigenvalue weighted by Gasteiger charge is 2.31. The third-order valence-electron chi connectivity index (χ3n) is 5.88. The summed E-state index contributed by atoms with van der Waals surface area (Å²) in [6, 6.07) is 8.11. The van der Waals surface area contributed by atoms with Crippen LogP contribution in [0.25, 0.3) is 22.6 Å². The summed E-state index contributed by atoms with van der Waals surface area (Å²) < 4.78 is 20.0. The number of benzene rings is 1. The Kier molecular flexibility index (Phi) is 7.43. The molecule has 1 saturated heterocycles. The normalized spacial score (nSPS) is 15.9. The van der Waals surface area contributed by atoms with Gasteiger partial charge in [-0.2, -0.15) is 4.80 Å². The van der Waals surface area contributed by atoms with Crippen LogP contribution >= 0.6 is 0 Å². The molecular weight excluding hydrogens is 439 g/mol. The van der Waals surface area contributed by atoms with Gasteiger partial charge in [-0.1, -0.05) is 19.9 Å². The van der Waals surface area contributed by atoms with Gasteiger partial charge in [0.1, 0.15) is 17.6 Å². The van der Waals surface area contributed by atoms with Crippen molar-refractivity contribution in [1.82, 2.24) is 30.1 Å². The second-order valence-electron chi connectivity index (χ2n) is 8.04. The lowest BCUT2D eigenvalue weighted by Gasteiger charge is -2.16. The van der Waals surface area contributed by atoms with Crippen LogP contribution in [0, 0.1) is 5.82 Å². The summed E-state index contributed by atoms with van der Waals surface area (Å²) in [4.78, 5) is 21.7. The number of amides is 1. The molecule has 0 saturated carbocycles. The van der Waals surface area contributed by atoms with Crippen molar-refractivity contribution in [2.45, 2.75) is 32.9 Å². The largest absolute Gasteiger partial charge is 0.443 e. The fraction of sp³-hybridized carbons (Fsp3) is 0.435. The minimum atomic E-state index is -0.526. The first-order chi connectivity index (χ1) is 16.5. The van der Waals surface area contributed by atoms with E-state index < -0.39 is 11.9 Å².